The van der Waals surface area contributed by atoms with E-state index in [1.807, 2.05) is 13.0 Å². The molecule has 1 N–H and O–H groups in total. The van der Waals surface area contributed by atoms with E-state index < -0.39 is 15.9 Å². The first kappa shape index (κ1) is 19.5. The highest BCUT2D eigenvalue weighted by molar-refractivity contribution is 6.68. The third kappa shape index (κ3) is 5.33. The normalized spacial score (nSPS) is 12.6. The number of alkyl halides is 3. The molecule has 0 bridgehead atoms. The Balaban J connectivity index is 2.21. The average Bonchev–Trinajstić information content (AvgIpc) is 2.48. The number of halogens is 5. The molecule has 0 aromatic heterocycles. The van der Waals surface area contributed by atoms with E-state index in [2.05, 4.69) is 5.32 Å². The third-order valence-corrected chi connectivity index (χ3v) is 4.10. The standard InChI is InChI=1S/C16H12Cl5NO2/c1-9-3-2-4-10(7-9)14(23)22-15(16(19,20)21)24-13-6-5-11(17)8-12(13)18/h2-8,15H,1H3,(H,22,23)/t15-/m0/s1. The van der Waals surface area contributed by atoms with Gasteiger partial charge >= 0.3 is 0 Å². The summed E-state index contributed by atoms with van der Waals surface area (Å²) >= 11 is 29.6. The van der Waals surface area contributed by atoms with Crippen LogP contribution in [0.1, 0.15) is 15.9 Å². The molecule has 0 aliphatic heterocycles. The molecule has 0 radical (unpaired) electrons. The molecule has 0 unspecified atom stereocenters. The van der Waals surface area contributed by atoms with Crippen LogP contribution in [-0.2, 0) is 0 Å². The molecule has 0 saturated heterocycles. The van der Waals surface area contributed by atoms with Gasteiger partial charge in [0.25, 0.3) is 5.91 Å². The van der Waals surface area contributed by atoms with E-state index in [1.165, 1.54) is 12.1 Å². The number of carbonyl (C=O) groups is 1. The number of hydrogen-bond acceptors (Lipinski definition) is 2. The predicted octanol–water partition coefficient (Wildman–Crippen LogP) is 5.81. The summed E-state index contributed by atoms with van der Waals surface area (Å²) in [6.07, 6.45) is -1.26. The predicted molar refractivity (Wildman–Crippen MR) is 99.8 cm³/mol. The van der Waals surface area contributed by atoms with Gasteiger partial charge in [-0.1, -0.05) is 75.7 Å². The van der Waals surface area contributed by atoms with Crippen LogP contribution in [0, 0.1) is 6.92 Å². The molecule has 2 aromatic carbocycles. The number of benzene rings is 2. The van der Waals surface area contributed by atoms with Gasteiger partial charge in [0.2, 0.25) is 10.0 Å². The van der Waals surface area contributed by atoms with Gasteiger partial charge in [0.1, 0.15) is 5.75 Å². The van der Waals surface area contributed by atoms with Crippen molar-refractivity contribution in [3.8, 4) is 5.75 Å². The second-order valence-electron chi connectivity index (χ2n) is 4.96. The topological polar surface area (TPSA) is 38.3 Å². The van der Waals surface area contributed by atoms with Crippen molar-refractivity contribution in [2.24, 2.45) is 0 Å². The van der Waals surface area contributed by atoms with Gasteiger partial charge < -0.3 is 10.1 Å². The molecule has 0 heterocycles. The van der Waals surface area contributed by atoms with Crippen molar-refractivity contribution in [1.29, 1.82) is 0 Å². The number of carbonyl (C=O) groups excluding carboxylic acids is 1. The zero-order chi connectivity index (χ0) is 17.9. The second-order valence-corrected chi connectivity index (χ2v) is 8.17. The van der Waals surface area contributed by atoms with E-state index in [9.17, 15) is 4.79 Å². The molecular formula is C16H12Cl5NO2. The fourth-order valence-electron chi connectivity index (χ4n) is 1.86. The van der Waals surface area contributed by atoms with Crippen molar-refractivity contribution in [3.63, 3.8) is 0 Å². The Kier molecular flexibility index (Phi) is 6.52. The first-order valence-electron chi connectivity index (χ1n) is 6.73. The summed E-state index contributed by atoms with van der Waals surface area (Å²) < 4.78 is 3.65. The quantitative estimate of drug-likeness (QED) is 0.494. The zero-order valence-electron chi connectivity index (χ0n) is 12.3. The average molecular weight is 428 g/mol. The lowest BCUT2D eigenvalue weighted by Crippen LogP contribution is -2.47. The van der Waals surface area contributed by atoms with Crippen LogP contribution in [0.15, 0.2) is 42.5 Å². The van der Waals surface area contributed by atoms with Gasteiger partial charge in [0, 0.05) is 10.6 Å². The Morgan fingerprint density at radius 2 is 1.83 bits per heavy atom. The minimum Gasteiger partial charge on any atom is -0.464 e. The maximum absolute atomic E-state index is 12.4. The van der Waals surface area contributed by atoms with E-state index in [0.29, 0.717) is 10.6 Å². The molecule has 2 aromatic rings. The summed E-state index contributed by atoms with van der Waals surface area (Å²) in [6, 6.07) is 11.6. The molecule has 1 amide bonds. The molecule has 1 atom stereocenters. The number of amides is 1. The van der Waals surface area contributed by atoms with Crippen molar-refractivity contribution in [1.82, 2.24) is 5.32 Å². The molecule has 0 fully saturated rings. The Bertz CT molecular complexity index is 745. The van der Waals surface area contributed by atoms with Crippen molar-refractivity contribution in [2.45, 2.75) is 16.9 Å². The summed E-state index contributed by atoms with van der Waals surface area (Å²) in [5.74, 6) is -0.220. The first-order valence-corrected chi connectivity index (χ1v) is 8.62. The number of aryl methyl sites for hydroxylation is 1. The van der Waals surface area contributed by atoms with E-state index in [4.69, 9.17) is 62.7 Å². The summed E-state index contributed by atoms with van der Waals surface area (Å²) in [5, 5.41) is 3.20. The van der Waals surface area contributed by atoms with Crippen LogP contribution < -0.4 is 10.1 Å². The number of rotatable bonds is 4. The lowest BCUT2D eigenvalue weighted by molar-refractivity contribution is 0.0833. The molecule has 3 nitrogen and oxygen atoms in total. The van der Waals surface area contributed by atoms with Crippen molar-refractivity contribution in [2.75, 3.05) is 0 Å². The Morgan fingerprint density at radius 1 is 1.12 bits per heavy atom. The lowest BCUT2D eigenvalue weighted by Gasteiger charge is -2.26. The summed E-state index contributed by atoms with van der Waals surface area (Å²) in [7, 11) is 0. The van der Waals surface area contributed by atoms with Crippen molar-refractivity contribution >= 4 is 63.9 Å². The summed E-state index contributed by atoms with van der Waals surface area (Å²) in [4.78, 5) is 12.4. The van der Waals surface area contributed by atoms with Gasteiger partial charge in [0.15, 0.2) is 0 Å². The van der Waals surface area contributed by atoms with E-state index >= 15 is 0 Å². The Hall–Kier alpha value is -0.840. The highest BCUT2D eigenvalue weighted by atomic mass is 35.6. The monoisotopic (exact) mass is 425 g/mol. The molecule has 0 aliphatic carbocycles. The molecule has 0 aliphatic rings. The highest BCUT2D eigenvalue weighted by Gasteiger charge is 2.36. The smallest absolute Gasteiger partial charge is 0.254 e. The molecule has 0 saturated carbocycles. The number of nitrogens with one attached hydrogen (secondary N) is 1. The van der Waals surface area contributed by atoms with Crippen LogP contribution >= 0.6 is 58.0 Å². The van der Waals surface area contributed by atoms with Crippen molar-refractivity contribution < 1.29 is 9.53 Å². The lowest BCUT2D eigenvalue weighted by atomic mass is 10.1. The van der Waals surface area contributed by atoms with Gasteiger partial charge in [-0.15, -0.1) is 0 Å². The minimum absolute atomic E-state index is 0.224. The van der Waals surface area contributed by atoms with E-state index in [1.54, 1.807) is 24.3 Å². The van der Waals surface area contributed by atoms with Crippen LogP contribution in [0.4, 0.5) is 0 Å². The first-order chi connectivity index (χ1) is 11.2. The van der Waals surface area contributed by atoms with E-state index in [0.717, 1.165) is 5.56 Å². The maximum Gasteiger partial charge on any atom is 0.254 e. The largest absolute Gasteiger partial charge is 0.464 e. The van der Waals surface area contributed by atoms with Gasteiger partial charge in [-0.2, -0.15) is 0 Å². The summed E-state index contributed by atoms with van der Waals surface area (Å²) in [5.41, 5.74) is 1.34. The molecule has 2 rings (SSSR count). The Labute approximate surface area is 164 Å². The van der Waals surface area contributed by atoms with E-state index in [-0.39, 0.29) is 10.8 Å². The maximum atomic E-state index is 12.4. The van der Waals surface area contributed by atoms with Gasteiger partial charge in [-0.3, -0.25) is 4.79 Å². The van der Waals surface area contributed by atoms with Crippen LogP contribution in [-0.4, -0.2) is 15.9 Å². The third-order valence-electron chi connectivity index (χ3n) is 2.98. The fourth-order valence-corrected chi connectivity index (χ4v) is 2.61. The van der Waals surface area contributed by atoms with Crippen LogP contribution in [0.2, 0.25) is 10.0 Å². The minimum atomic E-state index is -1.91. The molecule has 8 heteroatoms. The van der Waals surface area contributed by atoms with Crippen LogP contribution in [0.5, 0.6) is 5.75 Å². The fraction of sp³-hybridized carbons (Fsp3) is 0.188. The summed E-state index contributed by atoms with van der Waals surface area (Å²) in [6.45, 7) is 1.87. The highest BCUT2D eigenvalue weighted by Crippen LogP contribution is 2.35. The molecule has 0 spiro atoms. The molecular weight excluding hydrogens is 415 g/mol. The van der Waals surface area contributed by atoms with Crippen LogP contribution in [0.3, 0.4) is 0 Å². The Morgan fingerprint density at radius 3 is 2.42 bits per heavy atom. The zero-order valence-corrected chi connectivity index (χ0v) is 16.1. The van der Waals surface area contributed by atoms with Gasteiger partial charge in [0.05, 0.1) is 5.02 Å². The number of hydrogen-bond donors (Lipinski definition) is 1. The number of ether oxygens (including phenoxy) is 1. The molecule has 128 valence electrons. The second kappa shape index (κ2) is 8.03. The van der Waals surface area contributed by atoms with Crippen molar-refractivity contribution in [3.05, 3.63) is 63.6 Å². The molecule has 24 heavy (non-hydrogen) atoms. The van der Waals surface area contributed by atoms with Crippen LogP contribution in [0.25, 0.3) is 0 Å². The van der Waals surface area contributed by atoms with Gasteiger partial charge in [-0.25, -0.2) is 0 Å². The SMILES string of the molecule is Cc1cccc(C(=O)N[C@@H](Oc2ccc(Cl)cc2Cl)C(Cl)(Cl)Cl)c1. The van der Waals surface area contributed by atoms with Gasteiger partial charge in [-0.05, 0) is 37.3 Å².